The summed E-state index contributed by atoms with van der Waals surface area (Å²) < 4.78 is 30.2. The molecule has 1 aromatic heterocycles. The molecule has 0 radical (unpaired) electrons. The first-order valence-electron chi connectivity index (χ1n) is 10.3. The quantitative estimate of drug-likeness (QED) is 0.650. The fourth-order valence-corrected chi connectivity index (χ4v) is 6.62. The summed E-state index contributed by atoms with van der Waals surface area (Å²) in [7, 11) is -3.57. The summed E-state index contributed by atoms with van der Waals surface area (Å²) in [5.41, 5.74) is 2.11. The second-order valence-corrected chi connectivity index (χ2v) is 10.2. The van der Waals surface area contributed by atoms with E-state index in [-0.39, 0.29) is 23.4 Å². The van der Waals surface area contributed by atoms with Crippen LogP contribution in [0.25, 0.3) is 0 Å². The number of pyridine rings is 1. The van der Waals surface area contributed by atoms with Crippen molar-refractivity contribution >= 4 is 10.0 Å². The van der Waals surface area contributed by atoms with Crippen LogP contribution in [0.1, 0.15) is 29.6 Å². The molecule has 0 amide bonds. The minimum absolute atomic E-state index is 0.00231. The van der Waals surface area contributed by atoms with Crippen LogP contribution in [0.3, 0.4) is 0 Å². The van der Waals surface area contributed by atoms with Crippen molar-refractivity contribution in [3.63, 3.8) is 0 Å². The lowest BCUT2D eigenvalue weighted by molar-refractivity contribution is 0.142. The van der Waals surface area contributed by atoms with Gasteiger partial charge in [-0.15, -0.1) is 0 Å². The van der Waals surface area contributed by atoms with E-state index in [2.05, 4.69) is 12.1 Å². The van der Waals surface area contributed by atoms with Gasteiger partial charge in [-0.3, -0.25) is 4.79 Å². The molecule has 6 heteroatoms. The molecule has 30 heavy (non-hydrogen) atoms. The number of hydrogen-bond donors (Lipinski definition) is 0. The summed E-state index contributed by atoms with van der Waals surface area (Å²) in [5, 5.41) is 0. The molecule has 2 bridgehead atoms. The Balaban J connectivity index is 1.56. The van der Waals surface area contributed by atoms with Gasteiger partial charge in [-0.2, -0.15) is 4.31 Å². The molecule has 5 nitrogen and oxygen atoms in total. The predicted octanol–water partition coefficient (Wildman–Crippen LogP) is 3.44. The molecule has 0 spiro atoms. The molecule has 3 aromatic rings. The summed E-state index contributed by atoms with van der Waals surface area (Å²) >= 11 is 0. The van der Waals surface area contributed by atoms with Gasteiger partial charge >= 0.3 is 0 Å². The van der Waals surface area contributed by atoms with Crippen LogP contribution < -0.4 is 5.56 Å². The first-order valence-corrected chi connectivity index (χ1v) is 11.8. The van der Waals surface area contributed by atoms with E-state index in [0.29, 0.717) is 24.4 Å². The molecule has 1 fully saturated rings. The van der Waals surface area contributed by atoms with Gasteiger partial charge < -0.3 is 4.57 Å². The van der Waals surface area contributed by atoms with Gasteiger partial charge in [0, 0.05) is 36.8 Å². The normalized spacial score (nSPS) is 23.7. The minimum Gasteiger partial charge on any atom is -0.309 e. The van der Waals surface area contributed by atoms with Crippen LogP contribution in [-0.4, -0.2) is 30.4 Å². The van der Waals surface area contributed by atoms with Crippen molar-refractivity contribution in [2.24, 2.45) is 5.92 Å². The summed E-state index contributed by atoms with van der Waals surface area (Å²) in [5.74, 6) is 0.123. The predicted molar refractivity (Wildman–Crippen MR) is 116 cm³/mol. The standard InChI is InChI=1S/C24H24N2O3S/c27-24-13-7-12-22-19-15-20(23(26(22)24)14-18-8-3-1-4-9-18)17-25(16-19)30(28,29)21-10-5-2-6-11-21/h1-13,19-20,23H,14-17H2/t19-,20+,23+/m1/s1. The van der Waals surface area contributed by atoms with E-state index in [1.54, 1.807) is 40.7 Å². The first kappa shape index (κ1) is 19.3. The average molecular weight is 421 g/mol. The molecule has 3 atom stereocenters. The van der Waals surface area contributed by atoms with Crippen LogP contribution in [0, 0.1) is 5.92 Å². The second-order valence-electron chi connectivity index (χ2n) is 8.24. The third-order valence-electron chi connectivity index (χ3n) is 6.43. The van der Waals surface area contributed by atoms with E-state index >= 15 is 0 Å². The Morgan fingerprint density at radius 3 is 2.27 bits per heavy atom. The fraction of sp³-hybridized carbons (Fsp3) is 0.292. The second kappa shape index (κ2) is 7.52. The Hall–Kier alpha value is -2.70. The van der Waals surface area contributed by atoms with E-state index in [9.17, 15) is 13.2 Å². The molecule has 0 saturated carbocycles. The molecule has 154 valence electrons. The van der Waals surface area contributed by atoms with Crippen molar-refractivity contribution in [1.82, 2.24) is 8.87 Å². The molecule has 1 saturated heterocycles. The van der Waals surface area contributed by atoms with E-state index in [0.717, 1.165) is 17.7 Å². The topological polar surface area (TPSA) is 59.4 Å². The highest BCUT2D eigenvalue weighted by atomic mass is 32.2. The number of aromatic nitrogens is 1. The van der Waals surface area contributed by atoms with Gasteiger partial charge in [-0.1, -0.05) is 54.6 Å². The summed E-state index contributed by atoms with van der Waals surface area (Å²) in [6.45, 7) is 0.848. The molecule has 0 N–H and O–H groups in total. The zero-order valence-electron chi connectivity index (χ0n) is 16.6. The highest BCUT2D eigenvalue weighted by Crippen LogP contribution is 2.43. The van der Waals surface area contributed by atoms with Gasteiger partial charge in [-0.25, -0.2) is 8.42 Å². The smallest absolute Gasteiger partial charge is 0.251 e. The zero-order valence-corrected chi connectivity index (χ0v) is 17.4. The minimum atomic E-state index is -3.57. The largest absolute Gasteiger partial charge is 0.309 e. The number of benzene rings is 2. The third-order valence-corrected chi connectivity index (χ3v) is 8.28. The lowest BCUT2D eigenvalue weighted by atomic mass is 9.77. The van der Waals surface area contributed by atoms with Crippen LogP contribution in [0.15, 0.2) is 88.6 Å². The maximum Gasteiger partial charge on any atom is 0.251 e. The van der Waals surface area contributed by atoms with Crippen LogP contribution in [-0.2, 0) is 16.4 Å². The van der Waals surface area contributed by atoms with Crippen molar-refractivity contribution in [2.45, 2.75) is 29.7 Å². The van der Waals surface area contributed by atoms with Gasteiger partial charge in [0.1, 0.15) is 0 Å². The Morgan fingerprint density at radius 1 is 0.833 bits per heavy atom. The van der Waals surface area contributed by atoms with Crippen LogP contribution in [0.5, 0.6) is 0 Å². The molecule has 2 aliphatic rings. The number of hydrogen-bond acceptors (Lipinski definition) is 3. The maximum atomic E-state index is 13.3. The molecule has 3 heterocycles. The molecule has 2 aliphatic heterocycles. The Kier molecular flexibility index (Phi) is 4.83. The van der Waals surface area contributed by atoms with Gasteiger partial charge in [-0.05, 0) is 42.5 Å². The molecular formula is C24H24N2O3S. The summed E-state index contributed by atoms with van der Waals surface area (Å²) in [4.78, 5) is 13.2. The third kappa shape index (κ3) is 3.30. The van der Waals surface area contributed by atoms with E-state index < -0.39 is 10.0 Å². The lowest BCUT2D eigenvalue weighted by Gasteiger charge is -2.46. The average Bonchev–Trinajstić information content (AvgIpc) is 2.78. The highest BCUT2D eigenvalue weighted by molar-refractivity contribution is 7.89. The number of sulfonamides is 1. The zero-order chi connectivity index (χ0) is 20.7. The molecule has 5 rings (SSSR count). The Labute approximate surface area is 176 Å². The van der Waals surface area contributed by atoms with Gasteiger partial charge in [0.25, 0.3) is 5.56 Å². The SMILES string of the molecule is O=c1cccc2n1[C@@H](Cc1ccccc1)[C@H]1C[C@@H]2CN(S(=O)(=O)c2ccccc2)C1. The van der Waals surface area contributed by atoms with Crippen molar-refractivity contribution < 1.29 is 8.42 Å². The monoisotopic (exact) mass is 420 g/mol. The van der Waals surface area contributed by atoms with Crippen LogP contribution >= 0.6 is 0 Å². The van der Waals surface area contributed by atoms with Crippen molar-refractivity contribution in [1.29, 1.82) is 0 Å². The lowest BCUT2D eigenvalue weighted by Crippen LogP contribution is -2.51. The van der Waals surface area contributed by atoms with E-state index in [1.165, 1.54) is 0 Å². The Bertz CT molecular complexity index is 1210. The highest BCUT2D eigenvalue weighted by Gasteiger charge is 2.43. The van der Waals surface area contributed by atoms with Crippen LogP contribution in [0.2, 0.25) is 0 Å². The number of nitrogens with zero attached hydrogens (tertiary/aromatic N) is 2. The van der Waals surface area contributed by atoms with Crippen LogP contribution in [0.4, 0.5) is 0 Å². The van der Waals surface area contributed by atoms with Crippen molar-refractivity contribution in [3.05, 3.63) is 100 Å². The van der Waals surface area contributed by atoms with E-state index in [4.69, 9.17) is 0 Å². The van der Waals surface area contributed by atoms with E-state index in [1.807, 2.05) is 34.9 Å². The number of fused-ring (bicyclic) bond motifs is 4. The first-order chi connectivity index (χ1) is 14.5. The summed E-state index contributed by atoms with van der Waals surface area (Å²) in [6.07, 6.45) is 1.62. The molecular weight excluding hydrogens is 396 g/mol. The maximum absolute atomic E-state index is 13.3. The molecule has 0 aliphatic carbocycles. The van der Waals surface area contributed by atoms with Crippen molar-refractivity contribution in [3.8, 4) is 0 Å². The fourth-order valence-electron chi connectivity index (χ4n) is 5.06. The Morgan fingerprint density at radius 2 is 1.53 bits per heavy atom. The molecule has 0 unspecified atom stereocenters. The number of piperidine rings is 1. The van der Waals surface area contributed by atoms with Gasteiger partial charge in [0.15, 0.2) is 0 Å². The van der Waals surface area contributed by atoms with Crippen molar-refractivity contribution in [2.75, 3.05) is 13.1 Å². The van der Waals surface area contributed by atoms with Gasteiger partial charge in [0.05, 0.1) is 4.90 Å². The molecule has 2 aromatic carbocycles. The summed E-state index contributed by atoms with van der Waals surface area (Å²) in [6, 6.07) is 24.1. The number of rotatable bonds is 4. The van der Waals surface area contributed by atoms with Gasteiger partial charge in [0.2, 0.25) is 10.0 Å².